The van der Waals surface area contributed by atoms with E-state index in [1.807, 2.05) is 29.2 Å². The van der Waals surface area contributed by atoms with Crippen LogP contribution in [-0.4, -0.2) is 56.3 Å². The molecule has 1 aliphatic heterocycles. The van der Waals surface area contributed by atoms with Crippen molar-refractivity contribution >= 4 is 17.4 Å². The van der Waals surface area contributed by atoms with E-state index in [4.69, 9.17) is 14.2 Å². The normalized spacial score (nSPS) is 27.9. The van der Waals surface area contributed by atoms with Gasteiger partial charge in [-0.3, -0.25) is 4.79 Å². The molecular formula is C30H41NO5. The number of fused-ring (bicyclic) bond motifs is 2. The van der Waals surface area contributed by atoms with Crippen LogP contribution in [0.15, 0.2) is 41.0 Å². The first kappa shape index (κ1) is 26.5. The van der Waals surface area contributed by atoms with Gasteiger partial charge in [0.05, 0.1) is 19.3 Å². The zero-order valence-electron chi connectivity index (χ0n) is 23.1. The predicted molar refractivity (Wildman–Crippen MR) is 140 cm³/mol. The molecule has 6 nitrogen and oxygen atoms in total. The number of hydrogen-bond acceptors (Lipinski definition) is 5. The Bertz CT molecular complexity index is 1100. The smallest absolute Gasteiger partial charge is 0.335 e. The van der Waals surface area contributed by atoms with E-state index in [9.17, 15) is 9.59 Å². The number of epoxide rings is 1. The minimum absolute atomic E-state index is 0.0410. The highest BCUT2D eigenvalue weighted by molar-refractivity contribution is 6.11. The second kappa shape index (κ2) is 9.37. The predicted octanol–water partition coefficient (Wildman–Crippen LogP) is 5.42. The summed E-state index contributed by atoms with van der Waals surface area (Å²) >= 11 is 0. The van der Waals surface area contributed by atoms with Gasteiger partial charge in [-0.05, 0) is 48.4 Å². The van der Waals surface area contributed by atoms with Crippen molar-refractivity contribution in [2.24, 2.45) is 16.2 Å². The van der Waals surface area contributed by atoms with Gasteiger partial charge in [0.25, 0.3) is 5.91 Å². The fourth-order valence-corrected chi connectivity index (χ4v) is 6.65. The Morgan fingerprint density at radius 3 is 2.08 bits per heavy atom. The molecule has 4 rings (SSSR count). The fourth-order valence-electron chi connectivity index (χ4n) is 6.65. The van der Waals surface area contributed by atoms with Gasteiger partial charge in [-0.15, -0.1) is 0 Å². The van der Waals surface area contributed by atoms with Gasteiger partial charge in [-0.25, -0.2) is 4.79 Å². The van der Waals surface area contributed by atoms with Crippen LogP contribution >= 0.6 is 0 Å². The minimum Gasteiger partial charge on any atom is -0.497 e. The van der Waals surface area contributed by atoms with E-state index < -0.39 is 22.2 Å². The molecule has 3 aliphatic rings. The van der Waals surface area contributed by atoms with Crippen LogP contribution in [-0.2, 0) is 19.1 Å². The molecule has 3 atom stereocenters. The number of hydrogen-bond donors (Lipinski definition) is 0. The van der Waals surface area contributed by atoms with Crippen LogP contribution in [0.2, 0.25) is 0 Å². The lowest BCUT2D eigenvalue weighted by atomic mass is 9.59. The van der Waals surface area contributed by atoms with Crippen molar-refractivity contribution in [2.75, 3.05) is 33.4 Å². The molecule has 6 heteroatoms. The molecule has 1 fully saturated rings. The van der Waals surface area contributed by atoms with E-state index in [1.54, 1.807) is 7.11 Å². The van der Waals surface area contributed by atoms with Crippen LogP contribution in [0.25, 0.3) is 5.57 Å². The lowest BCUT2D eigenvalue weighted by Crippen LogP contribution is -2.42. The van der Waals surface area contributed by atoms with Gasteiger partial charge in [-0.2, -0.15) is 0 Å². The van der Waals surface area contributed by atoms with E-state index in [1.165, 1.54) is 0 Å². The number of rotatable bonds is 10. The Balaban J connectivity index is 1.92. The highest BCUT2D eigenvalue weighted by Crippen LogP contribution is 2.78. The first-order chi connectivity index (χ1) is 17.0. The molecular weight excluding hydrogens is 454 g/mol. The van der Waals surface area contributed by atoms with Crippen LogP contribution in [0.5, 0.6) is 5.75 Å². The van der Waals surface area contributed by atoms with Crippen molar-refractivity contribution in [3.05, 3.63) is 46.5 Å². The van der Waals surface area contributed by atoms with Crippen molar-refractivity contribution in [1.82, 2.24) is 4.90 Å². The molecule has 3 unspecified atom stereocenters. The number of amides is 1. The monoisotopic (exact) mass is 495 g/mol. The molecule has 1 aromatic carbocycles. The molecule has 196 valence electrons. The lowest BCUT2D eigenvalue weighted by Gasteiger charge is -2.43. The van der Waals surface area contributed by atoms with Crippen LogP contribution in [0.1, 0.15) is 66.9 Å². The van der Waals surface area contributed by atoms with E-state index in [0.717, 1.165) is 35.3 Å². The standard InChI is InChI=1S/C30H41NO5/c1-9-15-31(16-10-2)26(32)24-25(27(33)36-18-22-17-35-22)30(7)23(19(3)29(24,6)28(30,4)5)20-11-13-21(34-8)14-12-20/h11-14,22H,9-10,15-18H2,1-8H3. The Hall–Kier alpha value is -2.60. The highest BCUT2D eigenvalue weighted by Gasteiger charge is 2.72. The van der Waals surface area contributed by atoms with Crippen molar-refractivity contribution < 1.29 is 23.8 Å². The number of allylic oxidation sites excluding steroid dienone is 2. The summed E-state index contributed by atoms with van der Waals surface area (Å²) in [6.45, 7) is 17.1. The average molecular weight is 496 g/mol. The van der Waals surface area contributed by atoms with Crippen molar-refractivity contribution in [3.63, 3.8) is 0 Å². The van der Waals surface area contributed by atoms with E-state index in [-0.39, 0.29) is 18.6 Å². The maximum atomic E-state index is 14.3. The Morgan fingerprint density at radius 1 is 1.00 bits per heavy atom. The highest BCUT2D eigenvalue weighted by atomic mass is 16.6. The van der Waals surface area contributed by atoms with Gasteiger partial charge in [-0.1, -0.05) is 59.2 Å². The van der Waals surface area contributed by atoms with Gasteiger partial charge >= 0.3 is 5.97 Å². The largest absolute Gasteiger partial charge is 0.497 e. The zero-order chi connectivity index (χ0) is 26.5. The molecule has 0 radical (unpaired) electrons. The summed E-state index contributed by atoms with van der Waals surface area (Å²) in [6, 6.07) is 7.99. The number of ether oxygens (including phenoxy) is 3. The Kier molecular flexibility index (Phi) is 6.89. The minimum atomic E-state index is -0.711. The maximum absolute atomic E-state index is 14.3. The summed E-state index contributed by atoms with van der Waals surface area (Å²) in [7, 11) is 1.65. The first-order valence-corrected chi connectivity index (χ1v) is 13.2. The quantitative estimate of drug-likeness (QED) is 0.320. The third-order valence-electron chi connectivity index (χ3n) is 9.25. The molecule has 2 aliphatic carbocycles. The topological polar surface area (TPSA) is 68.4 Å². The number of methoxy groups -OCH3 is 1. The van der Waals surface area contributed by atoms with Gasteiger partial charge < -0.3 is 19.1 Å². The number of carbonyl (C=O) groups is 2. The fraction of sp³-hybridized carbons (Fsp3) is 0.600. The van der Waals surface area contributed by atoms with Crippen LogP contribution < -0.4 is 4.74 Å². The molecule has 1 saturated heterocycles. The van der Waals surface area contributed by atoms with Gasteiger partial charge in [0.15, 0.2) is 0 Å². The van der Waals surface area contributed by atoms with Gasteiger partial charge in [0.2, 0.25) is 0 Å². The molecule has 0 saturated carbocycles. The second-order valence-electron chi connectivity index (χ2n) is 11.2. The second-order valence-corrected chi connectivity index (χ2v) is 11.2. The maximum Gasteiger partial charge on any atom is 0.335 e. The van der Waals surface area contributed by atoms with E-state index in [2.05, 4.69) is 48.5 Å². The van der Waals surface area contributed by atoms with Crippen LogP contribution in [0, 0.1) is 16.2 Å². The summed E-state index contributed by atoms with van der Waals surface area (Å²) in [4.78, 5) is 30.1. The SMILES string of the molecule is CCCN(CCC)C(=O)C1=C(C(=O)OCC2CO2)C2(C)C(c3ccc(OC)cc3)=C(C)C1(C)C2(C)C. The van der Waals surface area contributed by atoms with E-state index in [0.29, 0.717) is 30.8 Å². The lowest BCUT2D eigenvalue weighted by molar-refractivity contribution is -0.141. The summed E-state index contributed by atoms with van der Waals surface area (Å²) in [5.74, 6) is 0.335. The number of esters is 1. The molecule has 0 N–H and O–H groups in total. The Morgan fingerprint density at radius 2 is 1.58 bits per heavy atom. The number of benzene rings is 1. The van der Waals surface area contributed by atoms with Gasteiger partial charge in [0, 0.05) is 29.5 Å². The Labute approximate surface area is 215 Å². The summed E-state index contributed by atoms with van der Waals surface area (Å²) in [6.07, 6.45) is 1.68. The van der Waals surface area contributed by atoms with Crippen molar-refractivity contribution in [2.45, 2.75) is 67.4 Å². The van der Waals surface area contributed by atoms with Crippen molar-refractivity contribution in [3.8, 4) is 5.75 Å². The molecule has 1 aromatic rings. The first-order valence-electron chi connectivity index (χ1n) is 13.2. The third kappa shape index (κ3) is 3.63. The molecule has 2 bridgehead atoms. The summed E-state index contributed by atoms with van der Waals surface area (Å²) in [5, 5.41) is 0. The van der Waals surface area contributed by atoms with Crippen LogP contribution in [0.3, 0.4) is 0 Å². The molecule has 1 amide bonds. The number of nitrogens with zero attached hydrogens (tertiary/aromatic N) is 1. The third-order valence-corrected chi connectivity index (χ3v) is 9.25. The molecule has 36 heavy (non-hydrogen) atoms. The molecule has 0 spiro atoms. The summed E-state index contributed by atoms with van der Waals surface area (Å²) < 4.78 is 16.5. The summed E-state index contributed by atoms with van der Waals surface area (Å²) in [5.41, 5.74) is 2.62. The average Bonchev–Trinajstić information content (AvgIpc) is 3.65. The zero-order valence-corrected chi connectivity index (χ0v) is 23.1. The van der Waals surface area contributed by atoms with E-state index >= 15 is 0 Å². The molecule has 0 aromatic heterocycles. The number of carbonyl (C=O) groups excluding carboxylic acids is 2. The van der Waals surface area contributed by atoms with Crippen LogP contribution in [0.4, 0.5) is 0 Å². The molecule has 1 heterocycles. The van der Waals surface area contributed by atoms with Gasteiger partial charge in [0.1, 0.15) is 18.5 Å². The van der Waals surface area contributed by atoms with Crippen molar-refractivity contribution in [1.29, 1.82) is 0 Å².